The van der Waals surface area contributed by atoms with Gasteiger partial charge in [0.05, 0.1) is 11.3 Å². The molecule has 0 saturated heterocycles. The quantitative estimate of drug-likeness (QED) is 0.446. The molecule has 156 valence electrons. The third-order valence-corrected chi connectivity index (χ3v) is 5.01. The third kappa shape index (κ3) is 7.88. The number of anilines is 1. The zero-order valence-electron chi connectivity index (χ0n) is 15.7. The molecule has 2 aromatic carbocycles. The summed E-state index contributed by atoms with van der Waals surface area (Å²) in [5.74, 6) is -0.786. The highest BCUT2D eigenvalue weighted by molar-refractivity contribution is 7.89. The number of benzene rings is 2. The van der Waals surface area contributed by atoms with E-state index in [1.165, 1.54) is 55.5 Å². The van der Waals surface area contributed by atoms with Gasteiger partial charge in [-0.15, -0.1) is 0 Å². The van der Waals surface area contributed by atoms with Crippen LogP contribution in [-0.4, -0.2) is 40.1 Å². The summed E-state index contributed by atoms with van der Waals surface area (Å²) in [7, 11) is -3.79. The van der Waals surface area contributed by atoms with Crippen molar-refractivity contribution >= 4 is 27.6 Å². The number of nitrogens with one attached hydrogen (secondary N) is 2. The molecule has 0 aromatic heterocycles. The summed E-state index contributed by atoms with van der Waals surface area (Å²) in [6.45, 7) is 1.28. The molecule has 29 heavy (non-hydrogen) atoms. The van der Waals surface area contributed by atoms with Gasteiger partial charge in [0.2, 0.25) is 15.9 Å². The van der Waals surface area contributed by atoms with Crippen LogP contribution in [0.25, 0.3) is 0 Å². The van der Waals surface area contributed by atoms with Crippen LogP contribution >= 0.6 is 0 Å². The molecule has 0 saturated carbocycles. The lowest BCUT2D eigenvalue weighted by molar-refractivity contribution is -0.144. The van der Waals surface area contributed by atoms with Gasteiger partial charge in [-0.25, -0.2) is 17.5 Å². The Balaban J connectivity index is 1.68. The van der Waals surface area contributed by atoms with Crippen LogP contribution < -0.4 is 14.8 Å². The minimum absolute atomic E-state index is 0.00710. The largest absolute Gasteiger partial charge is 0.490 e. The minimum Gasteiger partial charge on any atom is -0.490 e. The highest BCUT2D eigenvalue weighted by Crippen LogP contribution is 2.14. The second kappa shape index (κ2) is 10.5. The number of sulfonamides is 1. The third-order valence-electron chi connectivity index (χ3n) is 3.53. The average molecular weight is 424 g/mol. The fourth-order valence-electron chi connectivity index (χ4n) is 2.21. The van der Waals surface area contributed by atoms with Crippen molar-refractivity contribution < 1.29 is 31.9 Å². The Morgan fingerprint density at radius 3 is 2.28 bits per heavy atom. The molecule has 2 rings (SSSR count). The molecule has 1 amide bonds. The number of hydrogen-bond acceptors (Lipinski definition) is 6. The molecule has 0 heterocycles. The number of halogens is 1. The Kier molecular flexibility index (Phi) is 8.10. The molecule has 0 spiro atoms. The van der Waals surface area contributed by atoms with E-state index in [-0.39, 0.29) is 42.8 Å². The first-order valence-electron chi connectivity index (χ1n) is 8.67. The SMILES string of the molecule is CC(=O)Nc1ccc(S(=O)(=O)NCCC(=O)OCCOc2ccc(F)cc2)cc1. The summed E-state index contributed by atoms with van der Waals surface area (Å²) in [4.78, 5) is 22.6. The van der Waals surface area contributed by atoms with E-state index in [4.69, 9.17) is 9.47 Å². The van der Waals surface area contributed by atoms with Crippen LogP contribution in [0, 0.1) is 5.82 Å². The van der Waals surface area contributed by atoms with Crippen molar-refractivity contribution in [1.29, 1.82) is 0 Å². The molecule has 2 aromatic rings. The van der Waals surface area contributed by atoms with E-state index in [1.807, 2.05) is 0 Å². The van der Waals surface area contributed by atoms with Gasteiger partial charge >= 0.3 is 5.97 Å². The lowest BCUT2D eigenvalue weighted by Gasteiger charge is -2.09. The van der Waals surface area contributed by atoms with Crippen LogP contribution in [0.1, 0.15) is 13.3 Å². The second-order valence-electron chi connectivity index (χ2n) is 5.88. The molecule has 10 heteroatoms. The highest BCUT2D eigenvalue weighted by Gasteiger charge is 2.14. The maximum absolute atomic E-state index is 12.8. The molecule has 0 aliphatic carbocycles. The summed E-state index contributed by atoms with van der Waals surface area (Å²) >= 11 is 0. The van der Waals surface area contributed by atoms with E-state index in [9.17, 15) is 22.4 Å². The molecular weight excluding hydrogens is 403 g/mol. The number of carbonyl (C=O) groups excluding carboxylic acids is 2. The van der Waals surface area contributed by atoms with Crippen LogP contribution in [0.5, 0.6) is 5.75 Å². The van der Waals surface area contributed by atoms with Gasteiger partial charge in [0.15, 0.2) is 0 Å². The molecular formula is C19H21FN2O6S. The van der Waals surface area contributed by atoms with E-state index in [2.05, 4.69) is 10.0 Å². The van der Waals surface area contributed by atoms with Gasteiger partial charge in [-0.2, -0.15) is 0 Å². The lowest BCUT2D eigenvalue weighted by Crippen LogP contribution is -2.27. The Labute approximate surface area is 168 Å². The summed E-state index contributed by atoms with van der Waals surface area (Å²) < 4.78 is 49.7. The predicted molar refractivity (Wildman–Crippen MR) is 103 cm³/mol. The van der Waals surface area contributed by atoms with E-state index in [0.717, 1.165) is 0 Å². The second-order valence-corrected chi connectivity index (χ2v) is 7.64. The maximum atomic E-state index is 12.8. The Morgan fingerprint density at radius 1 is 1.00 bits per heavy atom. The van der Waals surface area contributed by atoms with Crippen molar-refractivity contribution in [3.63, 3.8) is 0 Å². The topological polar surface area (TPSA) is 111 Å². The molecule has 0 atom stereocenters. The molecule has 0 fully saturated rings. The molecule has 0 aliphatic heterocycles. The molecule has 2 N–H and O–H groups in total. The van der Waals surface area contributed by atoms with Gasteiger partial charge in [-0.3, -0.25) is 9.59 Å². The molecule has 0 unspecified atom stereocenters. The number of hydrogen-bond donors (Lipinski definition) is 2. The van der Waals surface area contributed by atoms with Gasteiger partial charge in [-0.05, 0) is 48.5 Å². The summed E-state index contributed by atoms with van der Waals surface area (Å²) in [5.41, 5.74) is 0.475. The average Bonchev–Trinajstić information content (AvgIpc) is 2.66. The van der Waals surface area contributed by atoms with Crippen LogP contribution in [0.15, 0.2) is 53.4 Å². The van der Waals surface area contributed by atoms with E-state index in [0.29, 0.717) is 11.4 Å². The maximum Gasteiger partial charge on any atom is 0.307 e. The molecule has 0 bridgehead atoms. The van der Waals surface area contributed by atoms with Gasteiger partial charge in [0, 0.05) is 19.2 Å². The molecule has 8 nitrogen and oxygen atoms in total. The zero-order chi connectivity index (χ0) is 21.3. The first kappa shape index (κ1) is 22.3. The lowest BCUT2D eigenvalue weighted by atomic mass is 10.3. The van der Waals surface area contributed by atoms with Crippen LogP contribution in [0.4, 0.5) is 10.1 Å². The summed E-state index contributed by atoms with van der Waals surface area (Å²) in [5, 5.41) is 2.54. The van der Waals surface area contributed by atoms with E-state index >= 15 is 0 Å². The monoisotopic (exact) mass is 424 g/mol. The zero-order valence-corrected chi connectivity index (χ0v) is 16.5. The number of amides is 1. The molecule has 0 radical (unpaired) electrons. The van der Waals surface area contributed by atoms with Crippen molar-refractivity contribution in [2.24, 2.45) is 0 Å². The van der Waals surface area contributed by atoms with Crippen LogP contribution in [0.3, 0.4) is 0 Å². The smallest absolute Gasteiger partial charge is 0.307 e. The predicted octanol–water partition coefficient (Wildman–Crippen LogP) is 2.07. The molecule has 0 aliphatic rings. The van der Waals surface area contributed by atoms with E-state index in [1.54, 1.807) is 0 Å². The van der Waals surface area contributed by atoms with Crippen molar-refractivity contribution in [1.82, 2.24) is 4.72 Å². The first-order chi connectivity index (χ1) is 13.8. The van der Waals surface area contributed by atoms with Gasteiger partial charge in [0.1, 0.15) is 24.8 Å². The normalized spacial score (nSPS) is 11.0. The van der Waals surface area contributed by atoms with Gasteiger partial charge in [0.25, 0.3) is 0 Å². The number of ether oxygens (including phenoxy) is 2. The van der Waals surface area contributed by atoms with Crippen molar-refractivity contribution in [3.8, 4) is 5.75 Å². The van der Waals surface area contributed by atoms with Crippen molar-refractivity contribution in [2.45, 2.75) is 18.2 Å². The van der Waals surface area contributed by atoms with Crippen molar-refractivity contribution in [2.75, 3.05) is 25.1 Å². The van der Waals surface area contributed by atoms with Gasteiger partial charge in [-0.1, -0.05) is 0 Å². The Hall–Kier alpha value is -2.98. The number of rotatable bonds is 10. The fourth-order valence-corrected chi connectivity index (χ4v) is 3.24. The number of esters is 1. The Morgan fingerprint density at radius 2 is 1.66 bits per heavy atom. The van der Waals surface area contributed by atoms with Crippen LogP contribution in [0.2, 0.25) is 0 Å². The first-order valence-corrected chi connectivity index (χ1v) is 10.2. The fraction of sp³-hybridized carbons (Fsp3) is 0.263. The summed E-state index contributed by atoms with van der Waals surface area (Å²) in [6.07, 6.45) is -0.153. The minimum atomic E-state index is -3.79. The van der Waals surface area contributed by atoms with E-state index < -0.39 is 16.0 Å². The van der Waals surface area contributed by atoms with Crippen molar-refractivity contribution in [3.05, 3.63) is 54.3 Å². The summed E-state index contributed by atoms with van der Waals surface area (Å²) in [6, 6.07) is 11.0. The van der Waals surface area contributed by atoms with Crippen LogP contribution in [-0.2, 0) is 24.3 Å². The highest BCUT2D eigenvalue weighted by atomic mass is 32.2. The Bertz CT molecular complexity index is 930. The van der Waals surface area contributed by atoms with Gasteiger partial charge < -0.3 is 14.8 Å². The number of carbonyl (C=O) groups is 2. The standard InChI is InChI=1S/C19H21FN2O6S/c1-14(23)22-16-4-8-18(9-5-16)29(25,26)21-11-10-19(24)28-13-12-27-17-6-2-15(20)3-7-17/h2-9,21H,10-13H2,1H3,(H,22,23).